The first-order valence-electron chi connectivity index (χ1n) is 6.65. The average molecular weight is 281 g/mol. The van der Waals surface area contributed by atoms with E-state index in [-0.39, 0.29) is 0 Å². The molecule has 0 aliphatic heterocycles. The van der Waals surface area contributed by atoms with E-state index in [2.05, 4.69) is 35.5 Å². The van der Waals surface area contributed by atoms with Gasteiger partial charge in [0.2, 0.25) is 0 Å². The van der Waals surface area contributed by atoms with Crippen molar-refractivity contribution in [2.45, 2.75) is 38.6 Å². The lowest BCUT2D eigenvalue weighted by Crippen LogP contribution is -2.33. The highest BCUT2D eigenvalue weighted by Gasteiger charge is 2.29. The van der Waals surface area contributed by atoms with Crippen LogP contribution in [0.15, 0.2) is 0 Å². The van der Waals surface area contributed by atoms with Gasteiger partial charge in [-0.3, -0.25) is 0 Å². The fourth-order valence-electron chi connectivity index (χ4n) is 2.09. The summed E-state index contributed by atoms with van der Waals surface area (Å²) in [4.78, 5) is 11.5. The van der Waals surface area contributed by atoms with E-state index in [0.717, 1.165) is 28.8 Å². The SMILES string of the molecule is CSCC(C)N(C)c1nc(C2CC2)nc(NN)c1C. The molecule has 1 aromatic heterocycles. The summed E-state index contributed by atoms with van der Waals surface area (Å²) >= 11 is 1.85. The van der Waals surface area contributed by atoms with Gasteiger partial charge in [0.05, 0.1) is 0 Å². The third-order valence-corrected chi connectivity index (χ3v) is 4.44. The summed E-state index contributed by atoms with van der Waals surface area (Å²) in [5, 5.41) is 0. The van der Waals surface area contributed by atoms with Gasteiger partial charge in [-0.15, -0.1) is 0 Å². The topological polar surface area (TPSA) is 67.1 Å². The standard InChI is InChI=1S/C13H23N5S/c1-8(7-19-4)18(3)13-9(2)11(17-14)15-12(16-13)10-5-6-10/h8,10H,5-7,14H2,1-4H3,(H,15,16,17). The zero-order chi connectivity index (χ0) is 14.0. The second kappa shape index (κ2) is 5.96. The van der Waals surface area contributed by atoms with E-state index < -0.39 is 0 Å². The van der Waals surface area contributed by atoms with Gasteiger partial charge in [-0.25, -0.2) is 15.8 Å². The maximum atomic E-state index is 5.58. The van der Waals surface area contributed by atoms with Gasteiger partial charge in [0.25, 0.3) is 0 Å². The number of nitrogens with two attached hydrogens (primary N) is 1. The first-order valence-corrected chi connectivity index (χ1v) is 8.04. The van der Waals surface area contributed by atoms with Gasteiger partial charge in [0.1, 0.15) is 17.5 Å². The van der Waals surface area contributed by atoms with Crippen molar-refractivity contribution in [1.29, 1.82) is 0 Å². The predicted molar refractivity (Wildman–Crippen MR) is 82.8 cm³/mol. The van der Waals surface area contributed by atoms with Crippen molar-refractivity contribution >= 4 is 23.4 Å². The fourth-order valence-corrected chi connectivity index (χ4v) is 2.80. The molecule has 1 heterocycles. The van der Waals surface area contributed by atoms with Crippen LogP contribution < -0.4 is 16.2 Å². The zero-order valence-corrected chi connectivity index (χ0v) is 12.9. The number of hydrogen-bond donors (Lipinski definition) is 2. The number of aromatic nitrogens is 2. The number of nitrogen functional groups attached to an aromatic ring is 1. The lowest BCUT2D eigenvalue weighted by atomic mass is 10.2. The highest BCUT2D eigenvalue weighted by Crippen LogP contribution is 2.40. The zero-order valence-electron chi connectivity index (χ0n) is 12.1. The average Bonchev–Trinajstić information content (AvgIpc) is 3.23. The summed E-state index contributed by atoms with van der Waals surface area (Å²) in [5.41, 5.74) is 3.72. The minimum Gasteiger partial charge on any atom is -0.356 e. The molecule has 1 aromatic rings. The third-order valence-electron chi connectivity index (χ3n) is 3.62. The number of rotatable bonds is 6. The van der Waals surface area contributed by atoms with Crippen molar-refractivity contribution in [3.05, 3.63) is 11.4 Å². The summed E-state index contributed by atoms with van der Waals surface area (Å²) in [5.74, 6) is 9.84. The van der Waals surface area contributed by atoms with Gasteiger partial charge in [-0.05, 0) is 32.9 Å². The number of nitrogens with zero attached hydrogens (tertiary/aromatic N) is 3. The van der Waals surface area contributed by atoms with Crippen LogP contribution in [-0.2, 0) is 0 Å². The molecule has 1 fully saturated rings. The van der Waals surface area contributed by atoms with E-state index in [1.807, 2.05) is 18.7 Å². The summed E-state index contributed by atoms with van der Waals surface area (Å²) in [7, 11) is 2.09. The van der Waals surface area contributed by atoms with Crippen LogP contribution in [-0.4, -0.2) is 35.1 Å². The van der Waals surface area contributed by atoms with Gasteiger partial charge < -0.3 is 10.3 Å². The fraction of sp³-hybridized carbons (Fsp3) is 0.692. The first kappa shape index (κ1) is 14.4. The van der Waals surface area contributed by atoms with Crippen molar-refractivity contribution in [3.8, 4) is 0 Å². The number of thioether (sulfide) groups is 1. The highest BCUT2D eigenvalue weighted by molar-refractivity contribution is 7.98. The Morgan fingerprint density at radius 2 is 2.16 bits per heavy atom. The molecule has 0 aromatic carbocycles. The Kier molecular flexibility index (Phi) is 4.52. The Morgan fingerprint density at radius 1 is 1.47 bits per heavy atom. The minimum atomic E-state index is 0.432. The van der Waals surface area contributed by atoms with Crippen LogP contribution in [0.2, 0.25) is 0 Å². The molecular formula is C13H23N5S. The van der Waals surface area contributed by atoms with Crippen LogP contribution in [0.4, 0.5) is 11.6 Å². The molecule has 0 spiro atoms. The smallest absolute Gasteiger partial charge is 0.148 e. The van der Waals surface area contributed by atoms with Crippen LogP contribution in [0.3, 0.4) is 0 Å². The summed E-state index contributed by atoms with van der Waals surface area (Å²) in [6.07, 6.45) is 4.51. The van der Waals surface area contributed by atoms with Crippen LogP contribution in [0.5, 0.6) is 0 Å². The molecule has 0 saturated heterocycles. The quantitative estimate of drug-likeness (QED) is 0.615. The molecule has 0 bridgehead atoms. The van der Waals surface area contributed by atoms with E-state index in [4.69, 9.17) is 10.8 Å². The van der Waals surface area contributed by atoms with Crippen molar-refractivity contribution in [1.82, 2.24) is 9.97 Å². The van der Waals surface area contributed by atoms with E-state index in [1.54, 1.807) is 0 Å². The summed E-state index contributed by atoms with van der Waals surface area (Å²) < 4.78 is 0. The van der Waals surface area contributed by atoms with Crippen LogP contribution in [0.25, 0.3) is 0 Å². The molecule has 1 aliphatic rings. The first-order chi connectivity index (χ1) is 9.08. The van der Waals surface area contributed by atoms with E-state index in [0.29, 0.717) is 12.0 Å². The van der Waals surface area contributed by atoms with Gasteiger partial charge in [0.15, 0.2) is 0 Å². The second-order valence-corrected chi connectivity index (χ2v) is 6.12. The van der Waals surface area contributed by atoms with Gasteiger partial charge in [-0.2, -0.15) is 11.8 Å². The largest absolute Gasteiger partial charge is 0.356 e. The third kappa shape index (κ3) is 3.12. The van der Waals surface area contributed by atoms with Crippen LogP contribution in [0.1, 0.15) is 37.1 Å². The molecule has 106 valence electrons. The molecular weight excluding hydrogens is 258 g/mol. The van der Waals surface area contributed by atoms with Crippen LogP contribution >= 0.6 is 11.8 Å². The molecule has 0 radical (unpaired) electrons. The summed E-state index contributed by atoms with van der Waals surface area (Å²) in [6.45, 7) is 4.23. The second-order valence-electron chi connectivity index (χ2n) is 5.21. The van der Waals surface area contributed by atoms with Gasteiger partial charge >= 0.3 is 0 Å². The van der Waals surface area contributed by atoms with Crippen molar-refractivity contribution < 1.29 is 0 Å². The molecule has 3 N–H and O–H groups in total. The minimum absolute atomic E-state index is 0.432. The molecule has 6 heteroatoms. The van der Waals surface area contributed by atoms with Gasteiger partial charge in [0, 0.05) is 30.3 Å². The van der Waals surface area contributed by atoms with Crippen molar-refractivity contribution in [2.75, 3.05) is 29.4 Å². The Balaban J connectivity index is 2.34. The monoisotopic (exact) mass is 281 g/mol. The van der Waals surface area contributed by atoms with E-state index in [9.17, 15) is 0 Å². The Morgan fingerprint density at radius 3 is 2.68 bits per heavy atom. The molecule has 0 amide bonds. The van der Waals surface area contributed by atoms with Crippen molar-refractivity contribution in [3.63, 3.8) is 0 Å². The highest BCUT2D eigenvalue weighted by atomic mass is 32.2. The predicted octanol–water partition coefficient (Wildman–Crippen LogP) is 2.14. The lowest BCUT2D eigenvalue weighted by molar-refractivity contribution is 0.740. The Hall–Kier alpha value is -1.01. The lowest BCUT2D eigenvalue weighted by Gasteiger charge is -2.27. The van der Waals surface area contributed by atoms with Crippen molar-refractivity contribution in [2.24, 2.45) is 5.84 Å². The molecule has 1 atom stereocenters. The Bertz CT molecular complexity index is 447. The molecule has 19 heavy (non-hydrogen) atoms. The van der Waals surface area contributed by atoms with Crippen LogP contribution in [0, 0.1) is 6.92 Å². The maximum Gasteiger partial charge on any atom is 0.148 e. The van der Waals surface area contributed by atoms with E-state index >= 15 is 0 Å². The molecule has 2 rings (SSSR count). The van der Waals surface area contributed by atoms with E-state index in [1.165, 1.54) is 12.8 Å². The maximum absolute atomic E-state index is 5.58. The number of nitrogens with one attached hydrogen (secondary N) is 1. The number of anilines is 2. The number of hydrazine groups is 1. The number of hydrogen-bond acceptors (Lipinski definition) is 6. The molecule has 1 saturated carbocycles. The normalized spacial score (nSPS) is 16.3. The Labute approximate surface area is 119 Å². The molecule has 5 nitrogen and oxygen atoms in total. The molecule has 1 aliphatic carbocycles. The molecule has 1 unspecified atom stereocenters. The summed E-state index contributed by atoms with van der Waals surface area (Å²) in [6, 6.07) is 0.432. The van der Waals surface area contributed by atoms with Gasteiger partial charge in [-0.1, -0.05) is 0 Å².